The van der Waals surface area contributed by atoms with Crippen LogP contribution in [0.2, 0.25) is 5.15 Å². The minimum Gasteiger partial charge on any atom is -0.443 e. The summed E-state index contributed by atoms with van der Waals surface area (Å²) in [5, 5.41) is 3.28. The SMILES string of the molecule is O=C(Nc1cccc(C(F)(F)F)c1)OCc1c(Cl)nc2n1CCS2. The lowest BCUT2D eigenvalue weighted by Crippen LogP contribution is -2.15. The number of nitrogens with one attached hydrogen (secondary N) is 1. The van der Waals surface area contributed by atoms with E-state index in [-0.39, 0.29) is 17.4 Å². The van der Waals surface area contributed by atoms with Crippen LogP contribution in [0.15, 0.2) is 29.4 Å². The van der Waals surface area contributed by atoms with E-state index in [1.165, 1.54) is 12.1 Å². The highest BCUT2D eigenvalue weighted by Gasteiger charge is 2.30. The number of fused-ring (bicyclic) bond motifs is 1. The van der Waals surface area contributed by atoms with Gasteiger partial charge >= 0.3 is 12.3 Å². The molecule has 0 saturated heterocycles. The largest absolute Gasteiger partial charge is 0.443 e. The molecule has 0 fully saturated rings. The highest BCUT2D eigenvalue weighted by Crippen LogP contribution is 2.32. The highest BCUT2D eigenvalue weighted by atomic mass is 35.5. The number of rotatable bonds is 3. The number of nitrogens with zero attached hydrogens (tertiary/aromatic N) is 2. The van der Waals surface area contributed by atoms with Gasteiger partial charge in [-0.3, -0.25) is 5.32 Å². The molecule has 3 rings (SSSR count). The molecule has 0 unspecified atom stereocenters. The molecule has 0 spiro atoms. The van der Waals surface area contributed by atoms with Crippen molar-refractivity contribution in [2.75, 3.05) is 11.1 Å². The normalized spacial score (nSPS) is 13.7. The van der Waals surface area contributed by atoms with Crippen molar-refractivity contribution in [1.29, 1.82) is 0 Å². The number of anilines is 1. The molecule has 24 heavy (non-hydrogen) atoms. The van der Waals surface area contributed by atoms with Gasteiger partial charge in [0, 0.05) is 18.0 Å². The minimum absolute atomic E-state index is 0.00464. The summed E-state index contributed by atoms with van der Waals surface area (Å²) in [6, 6.07) is 4.30. The van der Waals surface area contributed by atoms with Crippen LogP contribution >= 0.6 is 23.4 Å². The van der Waals surface area contributed by atoms with Crippen LogP contribution in [0.4, 0.5) is 23.7 Å². The van der Waals surface area contributed by atoms with Crippen molar-refractivity contribution >= 4 is 35.1 Å². The highest BCUT2D eigenvalue weighted by molar-refractivity contribution is 7.99. The van der Waals surface area contributed by atoms with Gasteiger partial charge in [-0.15, -0.1) is 0 Å². The van der Waals surface area contributed by atoms with Crippen LogP contribution in [-0.2, 0) is 24.1 Å². The van der Waals surface area contributed by atoms with Crippen molar-refractivity contribution in [3.8, 4) is 0 Å². The Labute approximate surface area is 144 Å². The van der Waals surface area contributed by atoms with Gasteiger partial charge in [0.1, 0.15) is 6.61 Å². The molecule has 128 valence electrons. The van der Waals surface area contributed by atoms with Gasteiger partial charge in [-0.25, -0.2) is 9.78 Å². The number of thioether (sulfide) groups is 1. The number of hydrogen-bond acceptors (Lipinski definition) is 4. The summed E-state index contributed by atoms with van der Waals surface area (Å²) in [4.78, 5) is 15.9. The van der Waals surface area contributed by atoms with E-state index in [0.717, 1.165) is 23.0 Å². The average Bonchev–Trinajstić information content (AvgIpc) is 3.05. The van der Waals surface area contributed by atoms with E-state index in [1.54, 1.807) is 11.8 Å². The molecule has 2 heterocycles. The Hall–Kier alpha value is -1.87. The van der Waals surface area contributed by atoms with E-state index in [1.807, 2.05) is 4.57 Å². The van der Waals surface area contributed by atoms with E-state index in [0.29, 0.717) is 12.2 Å². The van der Waals surface area contributed by atoms with Crippen molar-refractivity contribution in [2.45, 2.75) is 24.5 Å². The second kappa shape index (κ2) is 6.56. The van der Waals surface area contributed by atoms with Crippen LogP contribution < -0.4 is 5.32 Å². The number of imidazole rings is 1. The smallest absolute Gasteiger partial charge is 0.416 e. The zero-order valence-corrected chi connectivity index (χ0v) is 13.6. The molecule has 5 nitrogen and oxygen atoms in total. The molecule has 2 aromatic rings. The molecule has 1 amide bonds. The Bertz CT molecular complexity index is 779. The number of carbonyl (C=O) groups excluding carboxylic acids is 1. The number of carbonyl (C=O) groups is 1. The molecule has 10 heteroatoms. The zero-order valence-electron chi connectivity index (χ0n) is 12.1. The molecule has 0 bridgehead atoms. The lowest BCUT2D eigenvalue weighted by Gasteiger charge is -2.11. The molecular formula is C14H11ClF3N3O2S. The molecule has 1 aliphatic heterocycles. The first-order chi connectivity index (χ1) is 11.3. The Morgan fingerprint density at radius 2 is 2.25 bits per heavy atom. The maximum atomic E-state index is 12.6. The van der Waals surface area contributed by atoms with Crippen LogP contribution in [-0.4, -0.2) is 21.4 Å². The summed E-state index contributed by atoms with van der Waals surface area (Å²) in [7, 11) is 0. The number of benzene rings is 1. The van der Waals surface area contributed by atoms with Crippen LogP contribution in [0.5, 0.6) is 0 Å². The Morgan fingerprint density at radius 3 is 3.00 bits per heavy atom. The van der Waals surface area contributed by atoms with Crippen molar-refractivity contribution in [3.63, 3.8) is 0 Å². The van der Waals surface area contributed by atoms with Gasteiger partial charge < -0.3 is 9.30 Å². The van der Waals surface area contributed by atoms with Crippen molar-refractivity contribution in [3.05, 3.63) is 40.7 Å². The molecular weight excluding hydrogens is 367 g/mol. The molecule has 0 aliphatic carbocycles. The van der Waals surface area contributed by atoms with E-state index < -0.39 is 17.8 Å². The number of alkyl halides is 3. The second-order valence-electron chi connectivity index (χ2n) is 4.91. The average molecular weight is 378 g/mol. The number of halogens is 4. The summed E-state index contributed by atoms with van der Waals surface area (Å²) in [6.07, 6.45) is -5.35. The van der Waals surface area contributed by atoms with Gasteiger partial charge in [0.05, 0.1) is 11.3 Å². The number of hydrogen-bond donors (Lipinski definition) is 1. The Balaban J connectivity index is 1.63. The molecule has 0 radical (unpaired) electrons. The molecule has 0 atom stereocenters. The van der Waals surface area contributed by atoms with Crippen molar-refractivity contribution in [1.82, 2.24) is 9.55 Å². The second-order valence-corrected chi connectivity index (χ2v) is 6.33. The first kappa shape index (κ1) is 17.0. The molecule has 1 aliphatic rings. The number of ether oxygens (including phenoxy) is 1. The lowest BCUT2D eigenvalue weighted by atomic mass is 10.2. The maximum Gasteiger partial charge on any atom is 0.416 e. The predicted molar refractivity (Wildman–Crippen MR) is 83.2 cm³/mol. The van der Waals surface area contributed by atoms with E-state index in [9.17, 15) is 18.0 Å². The van der Waals surface area contributed by atoms with Gasteiger partial charge in [-0.05, 0) is 18.2 Å². The summed E-state index contributed by atoms with van der Waals surface area (Å²) in [6.45, 7) is 0.602. The maximum absolute atomic E-state index is 12.6. The molecule has 1 aromatic heterocycles. The fraction of sp³-hybridized carbons (Fsp3) is 0.286. The van der Waals surface area contributed by atoms with E-state index >= 15 is 0 Å². The Morgan fingerprint density at radius 1 is 1.46 bits per heavy atom. The first-order valence-electron chi connectivity index (χ1n) is 6.83. The van der Waals surface area contributed by atoms with Crippen molar-refractivity contribution < 1.29 is 22.7 Å². The van der Waals surface area contributed by atoms with Gasteiger partial charge in [-0.1, -0.05) is 29.4 Å². The number of aromatic nitrogens is 2. The summed E-state index contributed by atoms with van der Waals surface area (Å²) >= 11 is 7.54. The lowest BCUT2D eigenvalue weighted by molar-refractivity contribution is -0.137. The molecule has 1 aromatic carbocycles. The van der Waals surface area contributed by atoms with Crippen LogP contribution in [0.25, 0.3) is 0 Å². The Kier molecular flexibility index (Phi) is 4.64. The fourth-order valence-electron chi connectivity index (χ4n) is 2.20. The monoisotopic (exact) mass is 377 g/mol. The minimum atomic E-state index is -4.48. The van der Waals surface area contributed by atoms with E-state index in [2.05, 4.69) is 10.3 Å². The summed E-state index contributed by atoms with van der Waals surface area (Å²) < 4.78 is 44.8. The zero-order chi connectivity index (χ0) is 17.3. The quantitative estimate of drug-likeness (QED) is 0.860. The topological polar surface area (TPSA) is 56.1 Å². The fourth-order valence-corrected chi connectivity index (χ4v) is 3.46. The van der Waals surface area contributed by atoms with Gasteiger partial charge in [0.15, 0.2) is 10.3 Å². The third kappa shape index (κ3) is 3.62. The summed E-state index contributed by atoms with van der Waals surface area (Å²) in [5.41, 5.74) is -0.292. The van der Waals surface area contributed by atoms with Gasteiger partial charge in [-0.2, -0.15) is 13.2 Å². The summed E-state index contributed by atoms with van der Waals surface area (Å²) in [5.74, 6) is 0.864. The van der Waals surface area contributed by atoms with Gasteiger partial charge in [0.25, 0.3) is 0 Å². The first-order valence-corrected chi connectivity index (χ1v) is 8.19. The standard InChI is InChI=1S/C14H11ClF3N3O2S/c15-11-10(21-4-5-24-12(21)20-11)7-23-13(22)19-9-3-1-2-8(6-9)14(16,17)18/h1-3,6H,4-5,7H2,(H,19,22). The molecule has 1 N–H and O–H groups in total. The van der Waals surface area contributed by atoms with Gasteiger partial charge in [0.2, 0.25) is 0 Å². The van der Waals surface area contributed by atoms with Crippen LogP contribution in [0.1, 0.15) is 11.3 Å². The van der Waals surface area contributed by atoms with Crippen molar-refractivity contribution in [2.24, 2.45) is 0 Å². The van der Waals surface area contributed by atoms with Crippen LogP contribution in [0, 0.1) is 0 Å². The van der Waals surface area contributed by atoms with E-state index in [4.69, 9.17) is 16.3 Å². The third-order valence-electron chi connectivity index (χ3n) is 3.31. The number of amides is 1. The predicted octanol–water partition coefficient (Wildman–Crippen LogP) is 4.41. The molecule has 0 saturated carbocycles. The third-order valence-corrected chi connectivity index (χ3v) is 4.57. The van der Waals surface area contributed by atoms with Crippen LogP contribution in [0.3, 0.4) is 0 Å².